The van der Waals surface area contributed by atoms with Gasteiger partial charge >= 0.3 is 0 Å². The highest BCUT2D eigenvalue weighted by Gasteiger charge is 2.41. The molecular weight excluding hydrogens is 338 g/mol. The van der Waals surface area contributed by atoms with Gasteiger partial charge in [0.05, 0.1) is 16.5 Å². The van der Waals surface area contributed by atoms with Gasteiger partial charge in [-0.25, -0.2) is 15.0 Å². The molecule has 0 aliphatic carbocycles. The number of anilines is 2. The number of nitrogens with one attached hydrogen (secondary N) is 1. The van der Waals surface area contributed by atoms with Crippen LogP contribution in [0.2, 0.25) is 0 Å². The smallest absolute Gasteiger partial charge is 0.142 e. The summed E-state index contributed by atoms with van der Waals surface area (Å²) in [6.07, 6.45) is 6.22. The molecule has 1 N–H and O–H groups in total. The summed E-state index contributed by atoms with van der Waals surface area (Å²) in [6.45, 7) is 6.37. The fourth-order valence-corrected chi connectivity index (χ4v) is 3.92. The Hall–Kier alpha value is -3.14. The molecule has 1 aliphatic heterocycles. The first-order chi connectivity index (χ1) is 13.0. The number of aromatic nitrogens is 4. The highest BCUT2D eigenvalue weighted by Crippen LogP contribution is 2.37. The predicted octanol–water partition coefficient (Wildman–Crippen LogP) is 2.97. The van der Waals surface area contributed by atoms with Gasteiger partial charge in [-0.1, -0.05) is 6.92 Å². The number of piperidine rings is 1. The highest BCUT2D eigenvalue weighted by atomic mass is 15.3. The van der Waals surface area contributed by atoms with Gasteiger partial charge in [0, 0.05) is 32.5 Å². The maximum Gasteiger partial charge on any atom is 0.142 e. The molecule has 1 fully saturated rings. The van der Waals surface area contributed by atoms with Crippen molar-refractivity contribution in [1.29, 1.82) is 5.26 Å². The normalized spacial score (nSPS) is 22.6. The summed E-state index contributed by atoms with van der Waals surface area (Å²) in [6, 6.07) is 7.90. The second kappa shape index (κ2) is 6.54. The lowest BCUT2D eigenvalue weighted by Crippen LogP contribution is -2.60. The molecule has 0 saturated carbocycles. The number of likely N-dealkylation sites (N-methyl/N-ethyl adjacent to an activating group) is 1. The van der Waals surface area contributed by atoms with E-state index in [1.807, 2.05) is 24.4 Å². The fourth-order valence-electron chi connectivity index (χ4n) is 3.92. The molecule has 1 saturated heterocycles. The zero-order chi connectivity index (χ0) is 19.0. The minimum Gasteiger partial charge on any atom is -0.354 e. The van der Waals surface area contributed by atoms with E-state index in [9.17, 15) is 0 Å². The van der Waals surface area contributed by atoms with E-state index in [-0.39, 0.29) is 5.54 Å². The van der Waals surface area contributed by atoms with Gasteiger partial charge in [-0.15, -0.1) is 0 Å². The van der Waals surface area contributed by atoms with Gasteiger partial charge in [-0.2, -0.15) is 5.26 Å². The molecule has 0 aromatic carbocycles. The van der Waals surface area contributed by atoms with Crippen LogP contribution in [-0.4, -0.2) is 45.6 Å². The molecule has 4 rings (SSSR count). The highest BCUT2D eigenvalue weighted by molar-refractivity contribution is 5.87. The van der Waals surface area contributed by atoms with E-state index in [1.165, 1.54) is 0 Å². The van der Waals surface area contributed by atoms with Crippen molar-refractivity contribution < 1.29 is 0 Å². The molecule has 3 aromatic heterocycles. The third-order valence-corrected chi connectivity index (χ3v) is 6.02. The average molecular weight is 361 g/mol. The van der Waals surface area contributed by atoms with E-state index in [1.54, 1.807) is 12.5 Å². The minimum atomic E-state index is -0.118. The topological polar surface area (TPSA) is 84.7 Å². The SMILES string of the molecule is CC1CCN(c2ncnc3[nH]ccc23)CC1(C)N(C)c1ccc(C#N)cn1. The monoisotopic (exact) mass is 361 g/mol. The van der Waals surface area contributed by atoms with Crippen molar-refractivity contribution in [3.05, 3.63) is 42.5 Å². The van der Waals surface area contributed by atoms with Crippen LogP contribution in [0.5, 0.6) is 0 Å². The molecule has 0 spiro atoms. The summed E-state index contributed by atoms with van der Waals surface area (Å²) >= 11 is 0. The standard InChI is InChI=1S/C20H23N7/c1-14-7-9-27(19-16-6-8-22-18(16)24-13-25-19)12-20(14,2)26(3)17-5-4-15(10-21)11-23-17/h4-6,8,11,13-14H,7,9,12H2,1-3H3,(H,22,24,25). The Morgan fingerprint density at radius 3 is 2.89 bits per heavy atom. The van der Waals surface area contributed by atoms with Crippen LogP contribution in [0.15, 0.2) is 36.9 Å². The third kappa shape index (κ3) is 2.87. The number of nitriles is 1. The quantitative estimate of drug-likeness (QED) is 0.772. The molecule has 27 heavy (non-hydrogen) atoms. The van der Waals surface area contributed by atoms with Crippen LogP contribution >= 0.6 is 0 Å². The number of fused-ring (bicyclic) bond motifs is 1. The van der Waals surface area contributed by atoms with Crippen molar-refractivity contribution in [3.63, 3.8) is 0 Å². The molecule has 4 heterocycles. The first kappa shape index (κ1) is 17.3. The summed E-state index contributed by atoms with van der Waals surface area (Å²) in [7, 11) is 2.08. The molecule has 138 valence electrons. The summed E-state index contributed by atoms with van der Waals surface area (Å²) in [5.74, 6) is 2.33. The number of aromatic amines is 1. The Kier molecular flexibility index (Phi) is 4.19. The molecule has 2 unspecified atom stereocenters. The van der Waals surface area contributed by atoms with Crippen LogP contribution in [0.25, 0.3) is 11.0 Å². The Morgan fingerprint density at radius 2 is 2.15 bits per heavy atom. The van der Waals surface area contributed by atoms with Gasteiger partial charge in [0.25, 0.3) is 0 Å². The lowest BCUT2D eigenvalue weighted by molar-refractivity contribution is 0.255. The third-order valence-electron chi connectivity index (χ3n) is 6.02. The lowest BCUT2D eigenvalue weighted by atomic mass is 9.79. The zero-order valence-corrected chi connectivity index (χ0v) is 15.8. The Labute approximate surface area is 158 Å². The summed E-state index contributed by atoms with van der Waals surface area (Å²) in [4.78, 5) is 21.1. The number of hydrogen-bond acceptors (Lipinski definition) is 6. The molecule has 7 heteroatoms. The summed E-state index contributed by atoms with van der Waals surface area (Å²) < 4.78 is 0. The van der Waals surface area contributed by atoms with Gasteiger partial charge in [0.15, 0.2) is 0 Å². The Morgan fingerprint density at radius 1 is 1.30 bits per heavy atom. The number of pyridine rings is 1. The maximum atomic E-state index is 9.01. The van der Waals surface area contributed by atoms with Gasteiger partial charge < -0.3 is 14.8 Å². The largest absolute Gasteiger partial charge is 0.354 e. The molecule has 0 amide bonds. The maximum absolute atomic E-state index is 9.01. The molecular formula is C20H23N7. The number of rotatable bonds is 3. The molecule has 0 radical (unpaired) electrons. The fraction of sp³-hybridized carbons (Fsp3) is 0.400. The summed E-state index contributed by atoms with van der Waals surface area (Å²) in [5.41, 5.74) is 1.32. The van der Waals surface area contributed by atoms with Crippen LogP contribution in [-0.2, 0) is 0 Å². The second-order valence-corrected chi connectivity index (χ2v) is 7.48. The van der Waals surface area contributed by atoms with E-state index in [0.717, 1.165) is 42.2 Å². The second-order valence-electron chi connectivity index (χ2n) is 7.48. The summed E-state index contributed by atoms with van der Waals surface area (Å²) in [5, 5.41) is 10.1. The van der Waals surface area contributed by atoms with Gasteiger partial charge in [-0.05, 0) is 37.5 Å². The lowest BCUT2D eigenvalue weighted by Gasteiger charge is -2.51. The predicted molar refractivity (Wildman–Crippen MR) is 106 cm³/mol. The number of nitrogens with zero attached hydrogens (tertiary/aromatic N) is 6. The van der Waals surface area contributed by atoms with Crippen molar-refractivity contribution >= 4 is 22.7 Å². The molecule has 2 atom stereocenters. The Bertz CT molecular complexity index is 987. The zero-order valence-electron chi connectivity index (χ0n) is 15.8. The number of hydrogen-bond donors (Lipinski definition) is 1. The van der Waals surface area contributed by atoms with Crippen LogP contribution in [0, 0.1) is 17.2 Å². The minimum absolute atomic E-state index is 0.118. The molecule has 1 aliphatic rings. The van der Waals surface area contributed by atoms with E-state index < -0.39 is 0 Å². The number of H-pyrrole nitrogens is 1. The van der Waals surface area contributed by atoms with E-state index in [0.29, 0.717) is 11.5 Å². The van der Waals surface area contributed by atoms with Crippen molar-refractivity contribution in [2.45, 2.75) is 25.8 Å². The van der Waals surface area contributed by atoms with Crippen molar-refractivity contribution in [2.75, 3.05) is 29.9 Å². The van der Waals surface area contributed by atoms with Crippen molar-refractivity contribution in [2.24, 2.45) is 5.92 Å². The first-order valence-electron chi connectivity index (χ1n) is 9.16. The van der Waals surface area contributed by atoms with Gasteiger partial charge in [0.1, 0.15) is 29.7 Å². The molecule has 0 bridgehead atoms. The van der Waals surface area contributed by atoms with E-state index in [4.69, 9.17) is 5.26 Å². The van der Waals surface area contributed by atoms with E-state index in [2.05, 4.69) is 56.7 Å². The first-order valence-corrected chi connectivity index (χ1v) is 9.16. The van der Waals surface area contributed by atoms with Crippen molar-refractivity contribution in [3.8, 4) is 6.07 Å². The van der Waals surface area contributed by atoms with E-state index >= 15 is 0 Å². The molecule has 7 nitrogen and oxygen atoms in total. The van der Waals surface area contributed by atoms with Gasteiger partial charge in [-0.3, -0.25) is 0 Å². The average Bonchev–Trinajstić information content (AvgIpc) is 3.18. The molecule has 3 aromatic rings. The van der Waals surface area contributed by atoms with Crippen LogP contribution < -0.4 is 9.80 Å². The van der Waals surface area contributed by atoms with Crippen LogP contribution in [0.4, 0.5) is 11.6 Å². The van der Waals surface area contributed by atoms with Crippen LogP contribution in [0.3, 0.4) is 0 Å². The Balaban J connectivity index is 1.66. The van der Waals surface area contributed by atoms with Crippen LogP contribution in [0.1, 0.15) is 25.8 Å². The van der Waals surface area contributed by atoms with Crippen molar-refractivity contribution in [1.82, 2.24) is 19.9 Å². The van der Waals surface area contributed by atoms with Gasteiger partial charge in [0.2, 0.25) is 0 Å².